The monoisotopic (exact) mass is 275 g/mol. The lowest BCUT2D eigenvalue weighted by molar-refractivity contribution is 0.793. The van der Waals surface area contributed by atoms with Crippen molar-refractivity contribution in [3.63, 3.8) is 0 Å². The fourth-order valence-corrected chi connectivity index (χ4v) is 3.20. The van der Waals surface area contributed by atoms with E-state index in [4.69, 9.17) is 5.73 Å². The van der Waals surface area contributed by atoms with Gasteiger partial charge in [-0.3, -0.25) is 4.68 Å². The van der Waals surface area contributed by atoms with Crippen molar-refractivity contribution in [2.45, 2.75) is 12.8 Å². The van der Waals surface area contributed by atoms with Crippen molar-refractivity contribution in [3.05, 3.63) is 59.3 Å². The van der Waals surface area contributed by atoms with Gasteiger partial charge in [0.1, 0.15) is 0 Å². The molecule has 1 aromatic heterocycles. The third-order valence-corrected chi connectivity index (χ3v) is 4.24. The molecular weight excluding hydrogens is 258 g/mol. The zero-order valence-corrected chi connectivity index (χ0v) is 12.0. The molecule has 0 bridgehead atoms. The summed E-state index contributed by atoms with van der Waals surface area (Å²) in [6.07, 6.45) is 4.35. The number of benzene rings is 2. The van der Waals surface area contributed by atoms with Crippen LogP contribution in [0.5, 0.6) is 0 Å². The van der Waals surface area contributed by atoms with E-state index in [0.29, 0.717) is 0 Å². The normalized spacial score (nSPS) is 15.8. The van der Waals surface area contributed by atoms with E-state index >= 15 is 0 Å². The summed E-state index contributed by atoms with van der Waals surface area (Å²) in [5.74, 6) is 0. The molecule has 0 aliphatic heterocycles. The molecule has 0 spiro atoms. The summed E-state index contributed by atoms with van der Waals surface area (Å²) in [7, 11) is 1.99. The molecule has 0 amide bonds. The predicted octanol–water partition coefficient (Wildman–Crippen LogP) is 3.64. The van der Waals surface area contributed by atoms with Crippen molar-refractivity contribution in [2.75, 3.05) is 5.73 Å². The Morgan fingerprint density at radius 3 is 2.90 bits per heavy atom. The smallest absolute Gasteiger partial charge is 0.0932 e. The number of nitrogen functional groups attached to an aromatic ring is 1. The third-order valence-electron chi connectivity index (χ3n) is 4.24. The number of allylic oxidation sites excluding steroid dienone is 1. The van der Waals surface area contributed by atoms with Crippen molar-refractivity contribution in [2.24, 2.45) is 7.05 Å². The van der Waals surface area contributed by atoms with E-state index in [0.717, 1.165) is 24.2 Å². The molecule has 3 nitrogen and oxygen atoms in total. The quantitative estimate of drug-likeness (QED) is 0.689. The number of nitrogens with zero attached hydrogens (tertiary/aromatic N) is 2. The van der Waals surface area contributed by atoms with Crippen LogP contribution in [0.4, 0.5) is 5.69 Å². The number of rotatable bonds is 1. The minimum Gasteiger partial charge on any atom is -0.399 e. The maximum absolute atomic E-state index is 5.87. The number of para-hydroxylation sites is 1. The van der Waals surface area contributed by atoms with Gasteiger partial charge in [0.25, 0.3) is 0 Å². The number of hydrogen-bond donors (Lipinski definition) is 1. The zero-order chi connectivity index (χ0) is 14.4. The number of nitrogens with two attached hydrogens (primary N) is 1. The van der Waals surface area contributed by atoms with Crippen molar-refractivity contribution in [1.29, 1.82) is 0 Å². The number of anilines is 1. The maximum Gasteiger partial charge on any atom is 0.0932 e. The van der Waals surface area contributed by atoms with Crippen LogP contribution in [-0.2, 0) is 13.5 Å². The molecule has 4 rings (SSSR count). The summed E-state index contributed by atoms with van der Waals surface area (Å²) in [6, 6.07) is 14.6. The van der Waals surface area contributed by atoms with Crippen LogP contribution >= 0.6 is 0 Å². The Bertz CT molecular complexity index is 871. The largest absolute Gasteiger partial charge is 0.399 e. The molecule has 1 heterocycles. The lowest BCUT2D eigenvalue weighted by Crippen LogP contribution is -1.89. The van der Waals surface area contributed by atoms with E-state index < -0.39 is 0 Å². The van der Waals surface area contributed by atoms with Crippen LogP contribution in [0.3, 0.4) is 0 Å². The fraction of sp³-hybridized carbons (Fsp3) is 0.167. The summed E-state index contributed by atoms with van der Waals surface area (Å²) in [4.78, 5) is 0. The molecular formula is C18H17N3. The molecule has 0 unspecified atom stereocenters. The first kappa shape index (κ1) is 12.2. The summed E-state index contributed by atoms with van der Waals surface area (Å²) < 4.78 is 1.95. The van der Waals surface area contributed by atoms with Crippen LogP contribution in [0.1, 0.15) is 23.2 Å². The minimum atomic E-state index is 0.846. The Balaban J connectivity index is 1.86. The van der Waals surface area contributed by atoms with Crippen molar-refractivity contribution in [1.82, 2.24) is 9.78 Å². The Morgan fingerprint density at radius 1 is 1.14 bits per heavy atom. The molecule has 21 heavy (non-hydrogen) atoms. The van der Waals surface area contributed by atoms with E-state index in [1.165, 1.54) is 27.6 Å². The van der Waals surface area contributed by atoms with E-state index in [2.05, 4.69) is 47.6 Å². The van der Waals surface area contributed by atoms with Gasteiger partial charge in [0.05, 0.1) is 11.2 Å². The van der Waals surface area contributed by atoms with Crippen molar-refractivity contribution >= 4 is 28.2 Å². The van der Waals surface area contributed by atoms with Gasteiger partial charge in [0.15, 0.2) is 0 Å². The van der Waals surface area contributed by atoms with Gasteiger partial charge in [-0.1, -0.05) is 24.3 Å². The van der Waals surface area contributed by atoms with Gasteiger partial charge in [-0.2, -0.15) is 5.10 Å². The van der Waals surface area contributed by atoms with Crippen LogP contribution in [0.25, 0.3) is 22.6 Å². The first-order chi connectivity index (χ1) is 10.2. The zero-order valence-electron chi connectivity index (χ0n) is 12.0. The first-order valence-corrected chi connectivity index (χ1v) is 7.23. The van der Waals surface area contributed by atoms with Crippen LogP contribution in [0.15, 0.2) is 42.5 Å². The molecule has 0 fully saturated rings. The Hall–Kier alpha value is -2.55. The highest BCUT2D eigenvalue weighted by molar-refractivity contribution is 5.94. The molecule has 2 aromatic carbocycles. The Kier molecular flexibility index (Phi) is 2.61. The molecule has 3 heteroatoms. The molecule has 0 atom stereocenters. The number of aromatic nitrogens is 2. The summed E-state index contributed by atoms with van der Waals surface area (Å²) in [5, 5.41) is 5.86. The standard InChI is InChI=1S/C18H17N3/c1-21-18-5-3-2-4-16(18)17(20-21)11-13-7-6-12-10-14(19)8-9-15(12)13/h2-5,8-11H,6-7,19H2,1H3. The van der Waals surface area contributed by atoms with Crippen molar-refractivity contribution in [3.8, 4) is 0 Å². The van der Waals surface area contributed by atoms with Gasteiger partial charge in [-0.25, -0.2) is 0 Å². The van der Waals surface area contributed by atoms with Crippen LogP contribution < -0.4 is 5.73 Å². The first-order valence-electron chi connectivity index (χ1n) is 7.23. The fourth-order valence-electron chi connectivity index (χ4n) is 3.20. The average Bonchev–Trinajstić information content (AvgIpc) is 3.02. The van der Waals surface area contributed by atoms with Crippen molar-refractivity contribution < 1.29 is 0 Å². The molecule has 1 aliphatic carbocycles. The van der Waals surface area contributed by atoms with Gasteiger partial charge < -0.3 is 5.73 Å². The lowest BCUT2D eigenvalue weighted by Gasteiger charge is -2.01. The Morgan fingerprint density at radius 2 is 2.00 bits per heavy atom. The van der Waals surface area contributed by atoms with E-state index in [1.54, 1.807) is 0 Å². The number of hydrogen-bond acceptors (Lipinski definition) is 2. The number of aryl methyl sites for hydroxylation is 2. The average molecular weight is 275 g/mol. The molecule has 1 aliphatic rings. The van der Waals surface area contributed by atoms with Gasteiger partial charge in [0, 0.05) is 18.1 Å². The van der Waals surface area contributed by atoms with Crippen LogP contribution in [0, 0.1) is 0 Å². The molecule has 0 saturated heterocycles. The van der Waals surface area contributed by atoms with Gasteiger partial charge >= 0.3 is 0 Å². The molecule has 0 radical (unpaired) electrons. The lowest BCUT2D eigenvalue weighted by atomic mass is 10.0. The Labute approximate surface area is 123 Å². The molecule has 2 N–H and O–H groups in total. The van der Waals surface area contributed by atoms with Crippen LogP contribution in [0.2, 0.25) is 0 Å². The second-order valence-corrected chi connectivity index (χ2v) is 5.61. The second-order valence-electron chi connectivity index (χ2n) is 5.61. The predicted molar refractivity (Wildman–Crippen MR) is 87.8 cm³/mol. The van der Waals surface area contributed by atoms with E-state index in [-0.39, 0.29) is 0 Å². The van der Waals surface area contributed by atoms with Crippen LogP contribution in [-0.4, -0.2) is 9.78 Å². The summed E-state index contributed by atoms with van der Waals surface area (Å²) >= 11 is 0. The molecule has 3 aromatic rings. The number of fused-ring (bicyclic) bond motifs is 2. The SMILES string of the molecule is Cn1nc(C=C2CCc3cc(N)ccc32)c2ccccc21. The highest BCUT2D eigenvalue weighted by Gasteiger charge is 2.17. The van der Waals surface area contributed by atoms with Gasteiger partial charge in [0.2, 0.25) is 0 Å². The highest BCUT2D eigenvalue weighted by atomic mass is 15.3. The molecule has 0 saturated carbocycles. The summed E-state index contributed by atoms with van der Waals surface area (Å²) in [5.41, 5.74) is 13.0. The molecule has 104 valence electrons. The van der Waals surface area contributed by atoms with E-state index in [1.807, 2.05) is 17.8 Å². The second kappa shape index (κ2) is 4.48. The van der Waals surface area contributed by atoms with Gasteiger partial charge in [-0.15, -0.1) is 0 Å². The van der Waals surface area contributed by atoms with Gasteiger partial charge in [-0.05, 0) is 53.8 Å². The summed E-state index contributed by atoms with van der Waals surface area (Å²) in [6.45, 7) is 0. The third kappa shape index (κ3) is 1.93. The van der Waals surface area contributed by atoms with E-state index in [9.17, 15) is 0 Å². The highest BCUT2D eigenvalue weighted by Crippen LogP contribution is 2.35. The maximum atomic E-state index is 5.87. The topological polar surface area (TPSA) is 43.8 Å². The minimum absolute atomic E-state index is 0.846.